The number of nitrogens with zero attached hydrogens (tertiary/aromatic N) is 2. The molecule has 0 aromatic heterocycles. The van der Waals surface area contributed by atoms with Gasteiger partial charge in [-0.1, -0.05) is 50.6 Å². The van der Waals surface area contributed by atoms with Crippen molar-refractivity contribution in [1.82, 2.24) is 0 Å². The van der Waals surface area contributed by atoms with Crippen molar-refractivity contribution in [2.45, 2.75) is 26.2 Å². The molecule has 3 rings (SSSR count). The number of carbonyl (C=O) groups is 1. The Morgan fingerprint density at radius 3 is 2.29 bits per heavy atom. The van der Waals surface area contributed by atoms with Crippen LogP contribution >= 0.6 is 11.6 Å². The molecule has 0 unspecified atom stereocenters. The zero-order valence-electron chi connectivity index (χ0n) is 18.8. The molecule has 3 aromatic carbocycles. The van der Waals surface area contributed by atoms with Crippen LogP contribution < -0.4 is 10.1 Å². The van der Waals surface area contributed by atoms with E-state index in [1.54, 1.807) is 42.5 Å². The molecule has 172 valence electrons. The number of hydrogen-bond acceptors (Lipinski definition) is 5. The van der Waals surface area contributed by atoms with Gasteiger partial charge >= 0.3 is 5.69 Å². The summed E-state index contributed by atoms with van der Waals surface area (Å²) in [5.41, 5.74) is 1.35. The molecular formula is C26H22ClN3O4. The highest BCUT2D eigenvalue weighted by Gasteiger charge is 2.19. The van der Waals surface area contributed by atoms with Crippen LogP contribution in [0.1, 0.15) is 31.9 Å². The van der Waals surface area contributed by atoms with Gasteiger partial charge in [0, 0.05) is 16.8 Å². The van der Waals surface area contributed by atoms with Gasteiger partial charge in [0.15, 0.2) is 0 Å². The van der Waals surface area contributed by atoms with E-state index < -0.39 is 10.8 Å². The molecule has 0 aliphatic heterocycles. The molecule has 0 aliphatic rings. The Labute approximate surface area is 202 Å². The van der Waals surface area contributed by atoms with Crippen LogP contribution in [0.25, 0.3) is 6.08 Å². The van der Waals surface area contributed by atoms with Gasteiger partial charge in [-0.05, 0) is 65.1 Å². The number of rotatable bonds is 6. The Hall–Kier alpha value is -4.15. The van der Waals surface area contributed by atoms with Crippen molar-refractivity contribution in [3.8, 4) is 17.6 Å². The number of ether oxygens (including phenoxy) is 1. The minimum atomic E-state index is -0.647. The Bertz CT molecular complexity index is 1290. The zero-order valence-corrected chi connectivity index (χ0v) is 19.6. The first-order chi connectivity index (χ1) is 16.1. The van der Waals surface area contributed by atoms with E-state index in [1.165, 1.54) is 18.2 Å². The topological polar surface area (TPSA) is 105 Å². The number of amides is 1. The third-order valence-electron chi connectivity index (χ3n) is 4.91. The predicted molar refractivity (Wildman–Crippen MR) is 132 cm³/mol. The molecular weight excluding hydrogens is 454 g/mol. The fourth-order valence-electron chi connectivity index (χ4n) is 3.05. The lowest BCUT2D eigenvalue weighted by Gasteiger charge is -2.19. The molecule has 0 saturated carbocycles. The Balaban J connectivity index is 1.84. The fraction of sp³-hybridized carbons (Fsp3) is 0.154. The van der Waals surface area contributed by atoms with Gasteiger partial charge in [0.25, 0.3) is 5.91 Å². The second-order valence-corrected chi connectivity index (χ2v) is 8.93. The number of nitro benzene ring substituents is 1. The summed E-state index contributed by atoms with van der Waals surface area (Å²) >= 11 is 5.83. The van der Waals surface area contributed by atoms with Gasteiger partial charge in [0.05, 0.1) is 4.92 Å². The van der Waals surface area contributed by atoms with Crippen LogP contribution in [0.15, 0.2) is 72.3 Å². The lowest BCUT2D eigenvalue weighted by molar-refractivity contribution is -0.385. The van der Waals surface area contributed by atoms with Gasteiger partial charge in [0.2, 0.25) is 5.75 Å². The van der Waals surface area contributed by atoms with Crippen LogP contribution in [0.4, 0.5) is 11.4 Å². The van der Waals surface area contributed by atoms with E-state index in [-0.39, 0.29) is 22.4 Å². The largest absolute Gasteiger partial charge is 0.450 e. The van der Waals surface area contributed by atoms with E-state index in [9.17, 15) is 20.2 Å². The van der Waals surface area contributed by atoms with E-state index >= 15 is 0 Å². The van der Waals surface area contributed by atoms with E-state index in [2.05, 4.69) is 26.1 Å². The zero-order chi connectivity index (χ0) is 24.9. The molecule has 0 atom stereocenters. The van der Waals surface area contributed by atoms with Crippen LogP contribution in [0.5, 0.6) is 11.5 Å². The fourth-order valence-corrected chi connectivity index (χ4v) is 3.18. The molecule has 34 heavy (non-hydrogen) atoms. The minimum absolute atomic E-state index is 0.0309. The average Bonchev–Trinajstić information content (AvgIpc) is 2.79. The van der Waals surface area contributed by atoms with Crippen molar-refractivity contribution >= 4 is 35.0 Å². The van der Waals surface area contributed by atoms with Crippen molar-refractivity contribution in [2.75, 3.05) is 5.32 Å². The molecule has 0 spiro atoms. The molecule has 1 amide bonds. The first-order valence-corrected chi connectivity index (χ1v) is 10.7. The van der Waals surface area contributed by atoms with Crippen molar-refractivity contribution < 1.29 is 14.5 Å². The van der Waals surface area contributed by atoms with E-state index in [0.717, 1.165) is 5.56 Å². The summed E-state index contributed by atoms with van der Waals surface area (Å²) < 4.78 is 5.74. The summed E-state index contributed by atoms with van der Waals surface area (Å²) in [6.07, 6.45) is 1.28. The SMILES string of the molecule is CC(C)(C)c1ccc(Oc2ccc(C=C(C#N)C(=O)Nc3ccc(Cl)cc3)cc2[N+](=O)[O-])cc1. The van der Waals surface area contributed by atoms with E-state index in [0.29, 0.717) is 22.0 Å². The highest BCUT2D eigenvalue weighted by molar-refractivity contribution is 6.30. The van der Waals surface area contributed by atoms with E-state index in [1.807, 2.05) is 18.2 Å². The van der Waals surface area contributed by atoms with Gasteiger partial charge in [0.1, 0.15) is 17.4 Å². The molecule has 8 heteroatoms. The maximum atomic E-state index is 12.5. The second-order valence-electron chi connectivity index (χ2n) is 8.49. The standard InChI is InChI=1S/C26H22ClN3O4/c1-26(2,3)19-5-11-22(12-6-19)34-24-13-4-17(15-23(24)30(32)33)14-18(16-28)25(31)29-21-9-7-20(27)8-10-21/h4-15H,1-3H3,(H,29,31). The van der Waals surface area contributed by atoms with Crippen LogP contribution in [-0.2, 0) is 10.2 Å². The predicted octanol–water partition coefficient (Wildman–Crippen LogP) is 6.88. The van der Waals surface area contributed by atoms with Gasteiger partial charge < -0.3 is 10.1 Å². The van der Waals surface area contributed by atoms with Crippen molar-refractivity contribution in [1.29, 1.82) is 5.26 Å². The molecule has 0 saturated heterocycles. The lowest BCUT2D eigenvalue weighted by atomic mass is 9.87. The highest BCUT2D eigenvalue weighted by Crippen LogP contribution is 2.34. The molecule has 0 heterocycles. The maximum Gasteiger partial charge on any atom is 0.312 e. The summed E-state index contributed by atoms with van der Waals surface area (Å²) in [7, 11) is 0. The van der Waals surface area contributed by atoms with Crippen molar-refractivity contribution in [3.05, 3.63) is 98.6 Å². The van der Waals surface area contributed by atoms with Crippen LogP contribution in [0.3, 0.4) is 0 Å². The summed E-state index contributed by atoms with van der Waals surface area (Å²) in [5, 5.41) is 24.2. The molecule has 7 nitrogen and oxygen atoms in total. The van der Waals surface area contributed by atoms with Gasteiger partial charge in [-0.2, -0.15) is 5.26 Å². The van der Waals surface area contributed by atoms with Gasteiger partial charge in [-0.15, -0.1) is 0 Å². The highest BCUT2D eigenvalue weighted by atomic mass is 35.5. The summed E-state index contributed by atoms with van der Waals surface area (Å²) in [6, 6.07) is 19.8. The van der Waals surface area contributed by atoms with Gasteiger partial charge in [-0.3, -0.25) is 14.9 Å². The number of halogens is 1. The minimum Gasteiger partial charge on any atom is -0.450 e. The summed E-state index contributed by atoms with van der Waals surface area (Å²) in [6.45, 7) is 6.27. The second kappa shape index (κ2) is 10.2. The Kier molecular flexibility index (Phi) is 7.34. The molecule has 1 N–H and O–H groups in total. The molecule has 0 fully saturated rings. The average molecular weight is 476 g/mol. The first-order valence-electron chi connectivity index (χ1n) is 10.3. The third kappa shape index (κ3) is 6.21. The normalized spacial score (nSPS) is 11.4. The number of anilines is 1. The Morgan fingerprint density at radius 1 is 1.09 bits per heavy atom. The van der Waals surface area contributed by atoms with Crippen LogP contribution in [-0.4, -0.2) is 10.8 Å². The van der Waals surface area contributed by atoms with Crippen LogP contribution in [0.2, 0.25) is 5.02 Å². The number of hydrogen-bond donors (Lipinski definition) is 1. The van der Waals surface area contributed by atoms with Crippen molar-refractivity contribution in [2.24, 2.45) is 0 Å². The molecule has 0 radical (unpaired) electrons. The molecule has 3 aromatic rings. The number of nitriles is 1. The molecule has 0 aliphatic carbocycles. The quantitative estimate of drug-likeness (QED) is 0.181. The first kappa shape index (κ1) is 24.5. The molecule has 0 bridgehead atoms. The Morgan fingerprint density at radius 2 is 1.74 bits per heavy atom. The summed E-state index contributed by atoms with van der Waals surface area (Å²) in [5.74, 6) is -0.138. The number of carbonyl (C=O) groups excluding carboxylic acids is 1. The van der Waals surface area contributed by atoms with Crippen LogP contribution in [0, 0.1) is 21.4 Å². The van der Waals surface area contributed by atoms with E-state index in [4.69, 9.17) is 16.3 Å². The monoisotopic (exact) mass is 475 g/mol. The smallest absolute Gasteiger partial charge is 0.312 e. The third-order valence-corrected chi connectivity index (χ3v) is 5.16. The number of nitrogens with one attached hydrogen (secondary N) is 1. The lowest BCUT2D eigenvalue weighted by Crippen LogP contribution is -2.13. The maximum absolute atomic E-state index is 12.5. The van der Waals surface area contributed by atoms with Crippen molar-refractivity contribution in [3.63, 3.8) is 0 Å². The number of benzene rings is 3. The summed E-state index contributed by atoms with van der Waals surface area (Å²) in [4.78, 5) is 23.5. The van der Waals surface area contributed by atoms with Gasteiger partial charge in [-0.25, -0.2) is 0 Å². The number of nitro groups is 1.